The molecule has 0 atom stereocenters. The summed E-state index contributed by atoms with van der Waals surface area (Å²) in [6.07, 6.45) is 4.90. The lowest BCUT2D eigenvalue weighted by molar-refractivity contribution is -0.120. The smallest absolute Gasteiger partial charge is 0.220 e. The molecule has 0 aliphatic heterocycles. The molecule has 2 nitrogen and oxygen atoms in total. The van der Waals surface area contributed by atoms with Crippen LogP contribution in [-0.2, 0) is 4.79 Å². The highest BCUT2D eigenvalue weighted by Crippen LogP contribution is 2.16. The summed E-state index contributed by atoms with van der Waals surface area (Å²) in [6, 6.07) is 0. The van der Waals surface area contributed by atoms with Crippen LogP contribution in [0.25, 0.3) is 0 Å². The Hall–Kier alpha value is 0.170. The zero-order chi connectivity index (χ0) is 9.23. The second kappa shape index (κ2) is 9.26. The van der Waals surface area contributed by atoms with E-state index in [4.69, 9.17) is 0 Å². The van der Waals surface area contributed by atoms with Gasteiger partial charge >= 0.3 is 0 Å². The lowest BCUT2D eigenvalue weighted by Gasteiger charge is -2.02. The van der Waals surface area contributed by atoms with E-state index in [1.54, 1.807) is 21.6 Å². The van der Waals surface area contributed by atoms with Crippen LogP contribution >= 0.6 is 21.6 Å². The predicted octanol–water partition coefficient (Wildman–Crippen LogP) is 2.30. The number of carbonyl (C=O) groups is 1. The van der Waals surface area contributed by atoms with E-state index in [0.717, 1.165) is 25.1 Å². The van der Waals surface area contributed by atoms with Gasteiger partial charge in [-0.2, -0.15) is 0 Å². The van der Waals surface area contributed by atoms with Crippen LogP contribution in [0.3, 0.4) is 0 Å². The minimum atomic E-state index is 0.185. The summed E-state index contributed by atoms with van der Waals surface area (Å²) in [5.41, 5.74) is 0. The number of unbranched alkanes of at least 4 members (excludes halogenated alkanes) is 1. The Morgan fingerprint density at radius 3 is 2.83 bits per heavy atom. The number of hydrogen-bond donors (Lipinski definition) is 1. The van der Waals surface area contributed by atoms with Crippen LogP contribution in [0.5, 0.6) is 0 Å². The molecule has 72 valence electrons. The van der Waals surface area contributed by atoms with Crippen molar-refractivity contribution >= 4 is 27.5 Å². The molecule has 0 heterocycles. The van der Waals surface area contributed by atoms with Crippen LogP contribution in [0.15, 0.2) is 0 Å². The monoisotopic (exact) mass is 207 g/mol. The molecule has 1 amide bonds. The van der Waals surface area contributed by atoms with Gasteiger partial charge in [0.15, 0.2) is 0 Å². The highest BCUT2D eigenvalue weighted by atomic mass is 33.1. The van der Waals surface area contributed by atoms with E-state index >= 15 is 0 Å². The Morgan fingerprint density at radius 1 is 1.50 bits per heavy atom. The van der Waals surface area contributed by atoms with Gasteiger partial charge < -0.3 is 5.32 Å². The van der Waals surface area contributed by atoms with Crippen LogP contribution < -0.4 is 5.32 Å². The van der Waals surface area contributed by atoms with Gasteiger partial charge in [-0.25, -0.2) is 0 Å². The maximum absolute atomic E-state index is 11.1. The van der Waals surface area contributed by atoms with Crippen LogP contribution in [0.1, 0.15) is 26.2 Å². The van der Waals surface area contributed by atoms with Crippen LogP contribution in [-0.4, -0.2) is 24.5 Å². The fourth-order valence-corrected chi connectivity index (χ4v) is 1.90. The summed E-state index contributed by atoms with van der Waals surface area (Å²) in [6.45, 7) is 2.95. The van der Waals surface area contributed by atoms with Crippen molar-refractivity contribution in [1.29, 1.82) is 0 Å². The molecule has 0 aromatic carbocycles. The third kappa shape index (κ3) is 8.27. The normalized spacial score (nSPS) is 9.83. The molecule has 0 aliphatic carbocycles. The van der Waals surface area contributed by atoms with Crippen molar-refractivity contribution in [3.63, 3.8) is 0 Å². The fraction of sp³-hybridized carbons (Fsp3) is 0.875. The van der Waals surface area contributed by atoms with Gasteiger partial charge in [0.1, 0.15) is 0 Å². The average molecular weight is 207 g/mol. The summed E-state index contributed by atoms with van der Waals surface area (Å²) >= 11 is 0. The Bertz CT molecular complexity index is 108. The number of amides is 1. The molecule has 4 heteroatoms. The van der Waals surface area contributed by atoms with E-state index in [9.17, 15) is 4.79 Å². The minimum absolute atomic E-state index is 0.185. The molecular formula is C8H17NOS2. The molecule has 0 unspecified atom stereocenters. The van der Waals surface area contributed by atoms with E-state index in [1.807, 2.05) is 6.26 Å². The maximum Gasteiger partial charge on any atom is 0.220 e. The zero-order valence-electron chi connectivity index (χ0n) is 7.76. The molecule has 0 aromatic rings. The largest absolute Gasteiger partial charge is 0.356 e. The average Bonchev–Trinajstić information content (AvgIpc) is 2.06. The Balaban J connectivity index is 3.10. The zero-order valence-corrected chi connectivity index (χ0v) is 9.39. The molecule has 0 fully saturated rings. The van der Waals surface area contributed by atoms with Gasteiger partial charge in [-0.15, -0.1) is 0 Å². The number of nitrogens with one attached hydrogen (secondary N) is 1. The first-order valence-corrected chi connectivity index (χ1v) is 6.96. The summed E-state index contributed by atoms with van der Waals surface area (Å²) in [4.78, 5) is 11.1. The van der Waals surface area contributed by atoms with Crippen molar-refractivity contribution in [3.8, 4) is 0 Å². The van der Waals surface area contributed by atoms with Gasteiger partial charge in [0.25, 0.3) is 0 Å². The number of rotatable bonds is 7. The molecule has 0 rings (SSSR count). The van der Waals surface area contributed by atoms with Crippen LogP contribution in [0, 0.1) is 0 Å². The molecule has 0 radical (unpaired) electrons. The minimum Gasteiger partial charge on any atom is -0.356 e. The van der Waals surface area contributed by atoms with E-state index in [1.165, 1.54) is 0 Å². The Labute approximate surface area is 82.7 Å². The quantitative estimate of drug-likeness (QED) is 0.513. The van der Waals surface area contributed by atoms with Gasteiger partial charge in [-0.1, -0.05) is 34.9 Å². The van der Waals surface area contributed by atoms with E-state index in [2.05, 4.69) is 12.2 Å². The predicted molar refractivity (Wildman–Crippen MR) is 58.5 cm³/mol. The molecular weight excluding hydrogens is 190 g/mol. The first-order valence-electron chi connectivity index (χ1n) is 4.23. The van der Waals surface area contributed by atoms with Gasteiger partial charge in [-0.05, 0) is 12.7 Å². The molecule has 1 N–H and O–H groups in total. The number of carbonyl (C=O) groups excluding carboxylic acids is 1. The van der Waals surface area contributed by atoms with Gasteiger partial charge in [-0.3, -0.25) is 4.79 Å². The first kappa shape index (κ1) is 12.2. The second-order valence-electron chi connectivity index (χ2n) is 2.44. The molecule has 0 saturated carbocycles. The van der Waals surface area contributed by atoms with Crippen molar-refractivity contribution in [1.82, 2.24) is 5.32 Å². The SMILES string of the molecule is CCCCNC(=O)CCSSC. The number of hydrogen-bond acceptors (Lipinski definition) is 3. The van der Waals surface area contributed by atoms with Gasteiger partial charge in [0, 0.05) is 18.7 Å². The van der Waals surface area contributed by atoms with Gasteiger partial charge in [0.05, 0.1) is 0 Å². The standard InChI is InChI=1S/C8H17NOS2/c1-3-4-6-9-8(10)5-7-12-11-2/h3-7H2,1-2H3,(H,9,10). The van der Waals surface area contributed by atoms with E-state index in [-0.39, 0.29) is 5.91 Å². The highest BCUT2D eigenvalue weighted by Gasteiger charge is 1.98. The molecule has 12 heavy (non-hydrogen) atoms. The third-order valence-electron chi connectivity index (χ3n) is 1.38. The second-order valence-corrected chi connectivity index (χ2v) is 5.13. The highest BCUT2D eigenvalue weighted by molar-refractivity contribution is 8.76. The topological polar surface area (TPSA) is 29.1 Å². The third-order valence-corrected chi connectivity index (χ3v) is 3.20. The molecule has 0 aliphatic rings. The van der Waals surface area contributed by atoms with Gasteiger partial charge in [0.2, 0.25) is 5.91 Å². The fourth-order valence-electron chi connectivity index (χ4n) is 0.711. The molecule has 0 aromatic heterocycles. The van der Waals surface area contributed by atoms with Crippen molar-refractivity contribution in [2.45, 2.75) is 26.2 Å². The summed E-state index contributed by atoms with van der Waals surface area (Å²) in [5, 5.41) is 2.88. The summed E-state index contributed by atoms with van der Waals surface area (Å²) in [5.74, 6) is 1.10. The molecule has 0 saturated heterocycles. The molecule has 0 bridgehead atoms. The molecule has 0 spiro atoms. The summed E-state index contributed by atoms with van der Waals surface area (Å²) in [7, 11) is 3.44. The lowest BCUT2D eigenvalue weighted by Crippen LogP contribution is -2.24. The van der Waals surface area contributed by atoms with E-state index in [0.29, 0.717) is 6.42 Å². The van der Waals surface area contributed by atoms with Crippen molar-refractivity contribution in [3.05, 3.63) is 0 Å². The van der Waals surface area contributed by atoms with E-state index < -0.39 is 0 Å². The first-order chi connectivity index (χ1) is 5.81. The Kier molecular flexibility index (Phi) is 9.39. The summed E-state index contributed by atoms with van der Waals surface area (Å²) < 4.78 is 0. The van der Waals surface area contributed by atoms with Crippen molar-refractivity contribution in [2.24, 2.45) is 0 Å². The van der Waals surface area contributed by atoms with Crippen LogP contribution in [0.2, 0.25) is 0 Å². The van der Waals surface area contributed by atoms with Crippen LogP contribution in [0.4, 0.5) is 0 Å². The lowest BCUT2D eigenvalue weighted by atomic mass is 10.3. The Morgan fingerprint density at radius 2 is 2.25 bits per heavy atom. The maximum atomic E-state index is 11.1. The van der Waals surface area contributed by atoms with Crippen molar-refractivity contribution in [2.75, 3.05) is 18.6 Å². The van der Waals surface area contributed by atoms with Crippen molar-refractivity contribution < 1.29 is 4.79 Å².